The van der Waals surface area contributed by atoms with Gasteiger partial charge in [-0.3, -0.25) is 9.59 Å². The highest BCUT2D eigenvalue weighted by atomic mass is 16.2. The topological polar surface area (TPSA) is 63.4 Å². The number of rotatable bonds is 0. The number of carbonyl (C=O) groups excluding carboxylic acids is 2. The molecule has 12 heavy (non-hydrogen) atoms. The van der Waals surface area contributed by atoms with Crippen LogP contribution in [0.5, 0.6) is 0 Å². The first kappa shape index (κ1) is 7.24. The summed E-state index contributed by atoms with van der Waals surface area (Å²) in [6.07, 6.45) is 4.99. The predicted molar refractivity (Wildman–Crippen MR) is 41.4 cm³/mol. The van der Waals surface area contributed by atoms with Crippen molar-refractivity contribution < 1.29 is 9.59 Å². The second-order valence-corrected chi connectivity index (χ2v) is 2.81. The van der Waals surface area contributed by atoms with Crippen LogP contribution in [-0.4, -0.2) is 16.8 Å². The number of allylic oxidation sites excluding steroid dienone is 1. The lowest BCUT2D eigenvalue weighted by Crippen LogP contribution is -2.37. The fourth-order valence-electron chi connectivity index (χ4n) is 1.45. The summed E-state index contributed by atoms with van der Waals surface area (Å²) in [6, 6.07) is 0. The first-order chi connectivity index (χ1) is 5.72. The molecule has 62 valence electrons. The van der Waals surface area contributed by atoms with Gasteiger partial charge in [0.25, 0.3) is 11.8 Å². The Morgan fingerprint density at radius 2 is 2.08 bits per heavy atom. The maximum atomic E-state index is 11.2. The SMILES string of the molecule is NN1C(=O)C2=C(CCC=C2)C1=O. The maximum absolute atomic E-state index is 11.2. The second-order valence-electron chi connectivity index (χ2n) is 2.81. The average Bonchev–Trinajstić information content (AvgIpc) is 2.33. The van der Waals surface area contributed by atoms with Crippen LogP contribution >= 0.6 is 0 Å². The maximum Gasteiger partial charge on any atom is 0.275 e. The van der Waals surface area contributed by atoms with Gasteiger partial charge >= 0.3 is 0 Å². The van der Waals surface area contributed by atoms with E-state index >= 15 is 0 Å². The van der Waals surface area contributed by atoms with Crippen LogP contribution in [0.2, 0.25) is 0 Å². The minimum absolute atomic E-state index is 0.348. The van der Waals surface area contributed by atoms with Crippen LogP contribution in [0.15, 0.2) is 23.3 Å². The van der Waals surface area contributed by atoms with E-state index in [1.807, 2.05) is 6.08 Å². The number of amides is 2. The third-order valence-electron chi connectivity index (χ3n) is 2.10. The van der Waals surface area contributed by atoms with Gasteiger partial charge in [0, 0.05) is 11.1 Å². The molecule has 0 spiro atoms. The number of hydrogen-bond acceptors (Lipinski definition) is 3. The summed E-state index contributed by atoms with van der Waals surface area (Å²) in [7, 11) is 0. The smallest absolute Gasteiger partial charge is 0.267 e. The number of nitrogens with zero attached hydrogens (tertiary/aromatic N) is 1. The van der Waals surface area contributed by atoms with Crippen molar-refractivity contribution in [2.75, 3.05) is 0 Å². The molecule has 2 rings (SSSR count). The van der Waals surface area contributed by atoms with E-state index in [9.17, 15) is 9.59 Å². The van der Waals surface area contributed by atoms with Gasteiger partial charge in [-0.1, -0.05) is 12.2 Å². The molecule has 1 aliphatic carbocycles. The minimum atomic E-state index is -0.383. The van der Waals surface area contributed by atoms with E-state index in [4.69, 9.17) is 5.84 Å². The Balaban J connectivity index is 2.49. The van der Waals surface area contributed by atoms with Crippen LogP contribution in [0.4, 0.5) is 0 Å². The van der Waals surface area contributed by atoms with Gasteiger partial charge < -0.3 is 0 Å². The fourth-order valence-corrected chi connectivity index (χ4v) is 1.45. The van der Waals surface area contributed by atoms with E-state index in [2.05, 4.69) is 0 Å². The third-order valence-corrected chi connectivity index (χ3v) is 2.10. The predicted octanol–water partition coefficient (Wildman–Crippen LogP) is -0.125. The van der Waals surface area contributed by atoms with Gasteiger partial charge in [-0.25, -0.2) is 10.9 Å². The Kier molecular flexibility index (Phi) is 1.38. The molecular formula is C8H8N2O2. The van der Waals surface area contributed by atoms with Crippen LogP contribution in [0.25, 0.3) is 0 Å². The van der Waals surface area contributed by atoms with E-state index in [0.29, 0.717) is 22.6 Å². The molecular weight excluding hydrogens is 156 g/mol. The molecule has 2 aliphatic rings. The molecule has 0 aromatic carbocycles. The zero-order valence-corrected chi connectivity index (χ0v) is 6.41. The molecule has 0 aromatic heterocycles. The highest BCUT2D eigenvalue weighted by Gasteiger charge is 2.35. The van der Waals surface area contributed by atoms with E-state index in [1.165, 1.54) is 0 Å². The molecule has 2 N–H and O–H groups in total. The average molecular weight is 164 g/mol. The number of carbonyl (C=O) groups is 2. The third kappa shape index (κ3) is 0.753. The lowest BCUT2D eigenvalue weighted by Gasteiger charge is -2.04. The Morgan fingerprint density at radius 1 is 1.33 bits per heavy atom. The van der Waals surface area contributed by atoms with Gasteiger partial charge in [0.05, 0.1) is 0 Å². The van der Waals surface area contributed by atoms with Gasteiger partial charge in [0.1, 0.15) is 0 Å². The standard InChI is InChI=1S/C8H8N2O2/c9-10-7(11)5-3-1-2-4-6(5)8(10)12/h1,3H,2,4,9H2. The molecule has 1 aliphatic heterocycles. The quantitative estimate of drug-likeness (QED) is 0.308. The van der Waals surface area contributed by atoms with Crippen LogP contribution in [0, 0.1) is 0 Å². The lowest BCUT2D eigenvalue weighted by molar-refractivity contribution is -0.137. The van der Waals surface area contributed by atoms with Crippen molar-refractivity contribution in [3.05, 3.63) is 23.3 Å². The Bertz CT molecular complexity index is 328. The normalized spacial score (nSPS) is 22.2. The molecule has 4 nitrogen and oxygen atoms in total. The first-order valence-corrected chi connectivity index (χ1v) is 3.75. The summed E-state index contributed by atoms with van der Waals surface area (Å²) >= 11 is 0. The van der Waals surface area contributed by atoms with Crippen molar-refractivity contribution in [2.45, 2.75) is 12.8 Å². The molecule has 4 heteroatoms. The molecule has 0 radical (unpaired) electrons. The van der Waals surface area contributed by atoms with E-state index < -0.39 is 0 Å². The largest absolute Gasteiger partial charge is 0.275 e. The van der Waals surface area contributed by atoms with E-state index in [0.717, 1.165) is 6.42 Å². The molecule has 0 fully saturated rings. The molecule has 0 saturated heterocycles. The highest BCUT2D eigenvalue weighted by Crippen LogP contribution is 2.26. The van der Waals surface area contributed by atoms with Gasteiger partial charge in [0.15, 0.2) is 0 Å². The van der Waals surface area contributed by atoms with Crippen LogP contribution < -0.4 is 5.84 Å². The molecule has 0 bridgehead atoms. The minimum Gasteiger partial charge on any atom is -0.267 e. The van der Waals surface area contributed by atoms with E-state index in [1.54, 1.807) is 6.08 Å². The number of hydrogen-bond donors (Lipinski definition) is 1. The van der Waals surface area contributed by atoms with Crippen LogP contribution in [-0.2, 0) is 9.59 Å². The van der Waals surface area contributed by atoms with Crippen molar-refractivity contribution >= 4 is 11.8 Å². The lowest BCUT2D eigenvalue weighted by atomic mass is 10.00. The fraction of sp³-hybridized carbons (Fsp3) is 0.250. The summed E-state index contributed by atoms with van der Waals surface area (Å²) in [5, 5.41) is 0.681. The van der Waals surface area contributed by atoms with Gasteiger partial charge in [-0.2, -0.15) is 0 Å². The molecule has 0 unspecified atom stereocenters. The molecule has 2 amide bonds. The van der Waals surface area contributed by atoms with Crippen LogP contribution in [0.3, 0.4) is 0 Å². The van der Waals surface area contributed by atoms with Gasteiger partial charge in [-0.15, -0.1) is 0 Å². The monoisotopic (exact) mass is 164 g/mol. The summed E-state index contributed by atoms with van der Waals surface area (Å²) < 4.78 is 0. The Morgan fingerprint density at radius 3 is 2.75 bits per heavy atom. The first-order valence-electron chi connectivity index (χ1n) is 3.75. The zero-order valence-electron chi connectivity index (χ0n) is 6.41. The molecule has 1 heterocycles. The number of imide groups is 1. The zero-order chi connectivity index (χ0) is 8.72. The van der Waals surface area contributed by atoms with Crippen molar-refractivity contribution in [1.82, 2.24) is 5.01 Å². The van der Waals surface area contributed by atoms with Crippen molar-refractivity contribution in [3.8, 4) is 0 Å². The van der Waals surface area contributed by atoms with Crippen molar-refractivity contribution in [1.29, 1.82) is 0 Å². The summed E-state index contributed by atoms with van der Waals surface area (Å²) in [5.74, 6) is 4.51. The summed E-state index contributed by atoms with van der Waals surface area (Å²) in [6.45, 7) is 0. The summed E-state index contributed by atoms with van der Waals surface area (Å²) in [5.41, 5.74) is 1.03. The van der Waals surface area contributed by atoms with Crippen molar-refractivity contribution in [2.24, 2.45) is 5.84 Å². The molecule has 0 aromatic rings. The Labute approximate surface area is 69.3 Å². The van der Waals surface area contributed by atoms with Gasteiger partial charge in [-0.05, 0) is 12.8 Å². The summed E-state index contributed by atoms with van der Waals surface area (Å²) in [4.78, 5) is 22.5. The van der Waals surface area contributed by atoms with E-state index in [-0.39, 0.29) is 11.8 Å². The van der Waals surface area contributed by atoms with Crippen molar-refractivity contribution in [3.63, 3.8) is 0 Å². The number of hydrazine groups is 1. The number of nitrogens with two attached hydrogens (primary N) is 1. The second kappa shape index (κ2) is 2.28. The van der Waals surface area contributed by atoms with Crippen LogP contribution in [0.1, 0.15) is 12.8 Å². The molecule has 0 saturated carbocycles. The Hall–Kier alpha value is -1.42. The highest BCUT2D eigenvalue weighted by molar-refractivity contribution is 6.20. The molecule has 0 atom stereocenters. The van der Waals surface area contributed by atoms with Gasteiger partial charge in [0.2, 0.25) is 0 Å².